The minimum Gasteiger partial charge on any atom is -0.248 e. The van der Waals surface area contributed by atoms with Crippen LogP contribution >= 0.6 is 0 Å². The van der Waals surface area contributed by atoms with Gasteiger partial charge in [-0.3, -0.25) is 0 Å². The topological polar surface area (TPSA) is 6.48 Å². The summed E-state index contributed by atoms with van der Waals surface area (Å²) in [7, 11) is 6.65. The SMILES string of the molecule is CCC[C@@]1(C)CCC2(CC)C(CCC3C2CCC2(C)C3CC[C@@H]2C(C)CN(C)N(C)C)C1. The molecule has 0 aromatic carbocycles. The molecule has 7 unspecified atom stereocenters. The average Bonchev–Trinajstić information content (AvgIpc) is 3.10. The summed E-state index contributed by atoms with van der Waals surface area (Å²) in [5, 5.41) is 4.70. The van der Waals surface area contributed by atoms with Crippen molar-refractivity contribution in [1.82, 2.24) is 10.0 Å². The molecule has 4 rings (SSSR count). The van der Waals surface area contributed by atoms with E-state index in [0.29, 0.717) is 16.2 Å². The Hall–Kier alpha value is -0.0800. The molecule has 0 spiro atoms. The van der Waals surface area contributed by atoms with E-state index in [-0.39, 0.29) is 0 Å². The normalized spacial score (nSPS) is 47.2. The molecule has 0 amide bonds. The highest BCUT2D eigenvalue weighted by molar-refractivity contribution is 5.11. The van der Waals surface area contributed by atoms with Crippen LogP contribution in [-0.4, -0.2) is 37.7 Å². The number of fused-ring (bicyclic) bond motifs is 5. The zero-order chi connectivity index (χ0) is 23.3. The smallest absolute Gasteiger partial charge is 0.0158 e. The van der Waals surface area contributed by atoms with E-state index in [0.717, 1.165) is 35.5 Å². The van der Waals surface area contributed by atoms with Crippen LogP contribution in [0.4, 0.5) is 0 Å². The van der Waals surface area contributed by atoms with Crippen LogP contribution in [0.5, 0.6) is 0 Å². The van der Waals surface area contributed by atoms with E-state index < -0.39 is 0 Å². The molecule has 0 aromatic rings. The monoisotopic (exact) mass is 444 g/mol. The molecule has 0 heterocycles. The van der Waals surface area contributed by atoms with Gasteiger partial charge in [0.2, 0.25) is 0 Å². The predicted octanol–water partition coefficient (Wildman–Crippen LogP) is 7.89. The Morgan fingerprint density at radius 3 is 2.28 bits per heavy atom. The van der Waals surface area contributed by atoms with E-state index in [1.54, 1.807) is 25.7 Å². The van der Waals surface area contributed by atoms with Crippen LogP contribution < -0.4 is 0 Å². The maximum Gasteiger partial charge on any atom is 0.0158 e. The zero-order valence-corrected chi connectivity index (χ0v) is 23.1. The van der Waals surface area contributed by atoms with Crippen LogP contribution in [-0.2, 0) is 0 Å². The van der Waals surface area contributed by atoms with Gasteiger partial charge in [-0.25, -0.2) is 10.0 Å². The van der Waals surface area contributed by atoms with Gasteiger partial charge in [0.1, 0.15) is 0 Å². The number of nitrogens with zero attached hydrogens (tertiary/aromatic N) is 2. The maximum absolute atomic E-state index is 2.74. The molecule has 0 saturated heterocycles. The predicted molar refractivity (Wildman–Crippen MR) is 138 cm³/mol. The van der Waals surface area contributed by atoms with Crippen molar-refractivity contribution < 1.29 is 0 Å². The number of hydrogen-bond donors (Lipinski definition) is 0. The first-order chi connectivity index (χ1) is 15.1. The maximum atomic E-state index is 2.74. The summed E-state index contributed by atoms with van der Waals surface area (Å²) in [5.41, 5.74) is 1.92. The highest BCUT2D eigenvalue weighted by Gasteiger charge is 2.62. The van der Waals surface area contributed by atoms with E-state index in [9.17, 15) is 0 Å². The fourth-order valence-corrected chi connectivity index (χ4v) is 10.6. The van der Waals surface area contributed by atoms with Crippen molar-refractivity contribution in [3.63, 3.8) is 0 Å². The number of rotatable bonds is 7. The highest BCUT2D eigenvalue weighted by Crippen LogP contribution is 2.70. The summed E-state index contributed by atoms with van der Waals surface area (Å²) in [6.45, 7) is 14.1. The van der Waals surface area contributed by atoms with Crippen molar-refractivity contribution in [2.24, 2.45) is 51.8 Å². The summed E-state index contributed by atoms with van der Waals surface area (Å²) >= 11 is 0. The third-order valence-corrected chi connectivity index (χ3v) is 12.3. The molecule has 4 fully saturated rings. The van der Waals surface area contributed by atoms with Crippen molar-refractivity contribution in [2.45, 2.75) is 112 Å². The molecule has 4 aliphatic rings. The second kappa shape index (κ2) is 9.18. The summed E-state index contributed by atoms with van der Waals surface area (Å²) in [6.07, 6.45) is 18.0. The van der Waals surface area contributed by atoms with Crippen molar-refractivity contribution in [2.75, 3.05) is 27.7 Å². The Kier molecular flexibility index (Phi) is 7.18. The van der Waals surface area contributed by atoms with E-state index in [2.05, 4.69) is 65.8 Å². The Morgan fingerprint density at radius 2 is 1.62 bits per heavy atom. The van der Waals surface area contributed by atoms with E-state index in [1.807, 2.05) is 0 Å². The van der Waals surface area contributed by atoms with Gasteiger partial charge >= 0.3 is 0 Å². The molecule has 186 valence electrons. The van der Waals surface area contributed by atoms with Crippen LogP contribution in [0.25, 0.3) is 0 Å². The van der Waals surface area contributed by atoms with E-state index in [4.69, 9.17) is 0 Å². The third kappa shape index (κ3) is 4.02. The van der Waals surface area contributed by atoms with Gasteiger partial charge in [0.25, 0.3) is 0 Å². The van der Waals surface area contributed by atoms with E-state index in [1.165, 1.54) is 57.9 Å². The first-order valence-corrected chi connectivity index (χ1v) is 14.5. The van der Waals surface area contributed by atoms with Gasteiger partial charge in [-0.2, -0.15) is 0 Å². The van der Waals surface area contributed by atoms with Gasteiger partial charge in [0.15, 0.2) is 0 Å². The van der Waals surface area contributed by atoms with Crippen LogP contribution in [0.15, 0.2) is 0 Å². The molecule has 0 radical (unpaired) electrons. The van der Waals surface area contributed by atoms with Crippen LogP contribution in [0.2, 0.25) is 0 Å². The summed E-state index contributed by atoms with van der Waals surface area (Å²) in [5.74, 6) is 5.82. The highest BCUT2D eigenvalue weighted by atomic mass is 15.6. The molecule has 4 saturated carbocycles. The molecule has 0 N–H and O–H groups in total. The lowest BCUT2D eigenvalue weighted by molar-refractivity contribution is -0.143. The summed E-state index contributed by atoms with van der Waals surface area (Å²) < 4.78 is 0. The van der Waals surface area contributed by atoms with E-state index >= 15 is 0 Å². The molecule has 32 heavy (non-hydrogen) atoms. The second-order valence-corrected chi connectivity index (χ2v) is 13.9. The first-order valence-electron chi connectivity index (χ1n) is 14.5. The molecule has 2 heteroatoms. The first kappa shape index (κ1) is 25.0. The van der Waals surface area contributed by atoms with Gasteiger partial charge < -0.3 is 0 Å². The lowest BCUT2D eigenvalue weighted by Crippen LogP contribution is -2.55. The Labute approximate surface area is 201 Å². The lowest BCUT2D eigenvalue weighted by Gasteiger charge is -2.63. The number of hydrogen-bond acceptors (Lipinski definition) is 2. The van der Waals surface area contributed by atoms with Gasteiger partial charge in [-0.1, -0.05) is 41.0 Å². The Bertz CT molecular complexity index is 645. The summed E-state index contributed by atoms with van der Waals surface area (Å²) in [6, 6.07) is 0. The van der Waals surface area contributed by atoms with Crippen LogP contribution in [0.1, 0.15) is 112 Å². The average molecular weight is 445 g/mol. The van der Waals surface area contributed by atoms with Crippen molar-refractivity contribution in [1.29, 1.82) is 0 Å². The quantitative estimate of drug-likeness (QED) is 0.368. The molecule has 9 atom stereocenters. The van der Waals surface area contributed by atoms with Crippen LogP contribution in [0, 0.1) is 51.8 Å². The van der Waals surface area contributed by atoms with Crippen LogP contribution in [0.3, 0.4) is 0 Å². The van der Waals surface area contributed by atoms with Crippen molar-refractivity contribution in [3.8, 4) is 0 Å². The lowest BCUT2D eigenvalue weighted by atomic mass is 9.41. The third-order valence-electron chi connectivity index (χ3n) is 12.3. The largest absolute Gasteiger partial charge is 0.248 e. The molecule has 0 aliphatic heterocycles. The number of hydrazine groups is 1. The summed E-state index contributed by atoms with van der Waals surface area (Å²) in [4.78, 5) is 0. The molecular formula is C30H56N2. The minimum atomic E-state index is 0.598. The molecule has 0 bridgehead atoms. The Morgan fingerprint density at radius 1 is 0.875 bits per heavy atom. The fraction of sp³-hybridized carbons (Fsp3) is 1.00. The molecular weight excluding hydrogens is 388 g/mol. The van der Waals surface area contributed by atoms with Gasteiger partial charge in [-0.05, 0) is 122 Å². The van der Waals surface area contributed by atoms with Crippen molar-refractivity contribution in [3.05, 3.63) is 0 Å². The standard InChI is InChI=1S/C30H56N2/c1-9-16-28(4)18-19-30(10-2)23(20-28)11-12-24-26-14-13-25(22(3)21-32(8)31(6)7)29(26,5)17-15-27(24)30/h22-27H,9-21H2,1-8H3/t22?,23?,24?,25-,26?,27?,28+,29?,30?/m1/s1. The fourth-order valence-electron chi connectivity index (χ4n) is 10.6. The zero-order valence-electron chi connectivity index (χ0n) is 23.1. The molecule has 4 aliphatic carbocycles. The van der Waals surface area contributed by atoms with Crippen molar-refractivity contribution >= 4 is 0 Å². The molecule has 2 nitrogen and oxygen atoms in total. The second-order valence-electron chi connectivity index (χ2n) is 13.9. The Balaban J connectivity index is 1.52. The van der Waals surface area contributed by atoms with Gasteiger partial charge in [0.05, 0.1) is 0 Å². The minimum absolute atomic E-state index is 0.598. The molecule has 0 aromatic heterocycles. The van der Waals surface area contributed by atoms with Gasteiger partial charge in [-0.15, -0.1) is 0 Å². The van der Waals surface area contributed by atoms with Gasteiger partial charge in [0, 0.05) is 27.7 Å².